The van der Waals surface area contributed by atoms with Gasteiger partial charge in [0.05, 0.1) is 19.8 Å². The van der Waals surface area contributed by atoms with Crippen LogP contribution in [0.3, 0.4) is 0 Å². The van der Waals surface area contributed by atoms with Gasteiger partial charge in [-0.05, 0) is 43.5 Å². The minimum absolute atomic E-state index is 0.118. The van der Waals surface area contributed by atoms with Crippen molar-refractivity contribution >= 4 is 0 Å². The summed E-state index contributed by atoms with van der Waals surface area (Å²) in [4.78, 5) is 4.80. The molecule has 0 N–H and O–H groups in total. The van der Waals surface area contributed by atoms with Gasteiger partial charge < -0.3 is 9.30 Å². The van der Waals surface area contributed by atoms with E-state index in [1.165, 1.54) is 6.07 Å². The second-order valence-corrected chi connectivity index (χ2v) is 8.02. The second kappa shape index (κ2) is 8.68. The van der Waals surface area contributed by atoms with Gasteiger partial charge in [-0.1, -0.05) is 12.1 Å². The number of hydrogen-bond acceptors (Lipinski definition) is 5. The molecule has 1 aromatic carbocycles. The lowest BCUT2D eigenvalue weighted by atomic mass is 9.96. The largest absolute Gasteiger partial charge is 0.379 e. The SMILES string of the molecule is Cc1c(F)cccc1CN1CCCC(c2nnc(CN3CCOCC3)n2C)C1. The van der Waals surface area contributed by atoms with E-state index in [2.05, 4.69) is 31.6 Å². The first-order chi connectivity index (χ1) is 13.6. The van der Waals surface area contributed by atoms with Gasteiger partial charge >= 0.3 is 0 Å². The van der Waals surface area contributed by atoms with Crippen molar-refractivity contribution in [3.63, 3.8) is 0 Å². The molecule has 0 amide bonds. The molecule has 28 heavy (non-hydrogen) atoms. The Morgan fingerprint density at radius 3 is 2.75 bits per heavy atom. The van der Waals surface area contributed by atoms with Crippen molar-refractivity contribution in [3.05, 3.63) is 46.8 Å². The van der Waals surface area contributed by atoms with E-state index in [1.807, 2.05) is 13.0 Å². The number of ether oxygens (including phenoxy) is 1. The van der Waals surface area contributed by atoms with Gasteiger partial charge in [0.1, 0.15) is 17.5 Å². The third kappa shape index (κ3) is 4.26. The lowest BCUT2D eigenvalue weighted by molar-refractivity contribution is 0.0326. The molecule has 7 heteroatoms. The van der Waals surface area contributed by atoms with E-state index in [0.717, 1.165) is 88.1 Å². The Kier molecular flexibility index (Phi) is 6.04. The molecule has 0 spiro atoms. The van der Waals surface area contributed by atoms with Gasteiger partial charge in [0, 0.05) is 39.1 Å². The Morgan fingerprint density at radius 1 is 1.11 bits per heavy atom. The number of hydrogen-bond donors (Lipinski definition) is 0. The van der Waals surface area contributed by atoms with Gasteiger partial charge in [0.15, 0.2) is 0 Å². The highest BCUT2D eigenvalue weighted by molar-refractivity contribution is 5.27. The summed E-state index contributed by atoms with van der Waals surface area (Å²) in [5, 5.41) is 9.03. The summed E-state index contributed by atoms with van der Waals surface area (Å²) in [6.07, 6.45) is 2.26. The molecule has 152 valence electrons. The number of nitrogens with zero attached hydrogens (tertiary/aromatic N) is 5. The van der Waals surface area contributed by atoms with E-state index in [0.29, 0.717) is 5.92 Å². The fourth-order valence-corrected chi connectivity index (χ4v) is 4.30. The minimum Gasteiger partial charge on any atom is -0.379 e. The van der Waals surface area contributed by atoms with E-state index in [9.17, 15) is 4.39 Å². The zero-order chi connectivity index (χ0) is 19.5. The normalized spacial score (nSPS) is 21.9. The molecule has 1 aromatic heterocycles. The monoisotopic (exact) mass is 387 g/mol. The molecule has 6 nitrogen and oxygen atoms in total. The molecular formula is C21H30FN5O. The average molecular weight is 388 g/mol. The smallest absolute Gasteiger partial charge is 0.146 e. The van der Waals surface area contributed by atoms with Crippen molar-refractivity contribution in [2.45, 2.75) is 38.8 Å². The van der Waals surface area contributed by atoms with Crippen LogP contribution in [0.4, 0.5) is 4.39 Å². The lowest BCUT2D eigenvalue weighted by Gasteiger charge is -2.32. The van der Waals surface area contributed by atoms with Crippen molar-refractivity contribution in [2.75, 3.05) is 39.4 Å². The number of aromatic nitrogens is 3. The number of halogens is 1. The van der Waals surface area contributed by atoms with Crippen LogP contribution in [0, 0.1) is 12.7 Å². The maximum Gasteiger partial charge on any atom is 0.146 e. The molecule has 2 aromatic rings. The fraction of sp³-hybridized carbons (Fsp3) is 0.619. The minimum atomic E-state index is -0.118. The average Bonchev–Trinajstić information content (AvgIpc) is 3.07. The zero-order valence-electron chi connectivity index (χ0n) is 16.9. The summed E-state index contributed by atoms with van der Waals surface area (Å²) in [5.74, 6) is 2.35. The van der Waals surface area contributed by atoms with Gasteiger partial charge in [-0.2, -0.15) is 0 Å². The molecule has 2 aliphatic rings. The Balaban J connectivity index is 1.42. The van der Waals surface area contributed by atoms with Crippen LogP contribution in [0.2, 0.25) is 0 Å². The van der Waals surface area contributed by atoms with Gasteiger partial charge in [0.25, 0.3) is 0 Å². The van der Waals surface area contributed by atoms with E-state index >= 15 is 0 Å². The highest BCUT2D eigenvalue weighted by Crippen LogP contribution is 2.27. The Labute approximate surface area is 166 Å². The lowest BCUT2D eigenvalue weighted by Crippen LogP contribution is -2.36. The molecule has 0 bridgehead atoms. The summed E-state index contributed by atoms with van der Waals surface area (Å²) < 4.78 is 21.5. The number of benzene rings is 1. The molecule has 0 radical (unpaired) electrons. The van der Waals surface area contributed by atoms with Crippen LogP contribution in [-0.2, 0) is 24.9 Å². The number of rotatable bonds is 5. The van der Waals surface area contributed by atoms with Crippen molar-refractivity contribution in [3.8, 4) is 0 Å². The van der Waals surface area contributed by atoms with E-state index in [-0.39, 0.29) is 5.82 Å². The first-order valence-corrected chi connectivity index (χ1v) is 10.3. The Hall–Kier alpha value is -1.83. The molecular weight excluding hydrogens is 357 g/mol. The molecule has 2 fully saturated rings. The molecule has 2 aliphatic heterocycles. The van der Waals surface area contributed by atoms with E-state index in [1.54, 1.807) is 6.07 Å². The molecule has 3 heterocycles. The summed E-state index contributed by atoms with van der Waals surface area (Å²) >= 11 is 0. The van der Waals surface area contributed by atoms with Crippen LogP contribution in [0.5, 0.6) is 0 Å². The fourth-order valence-electron chi connectivity index (χ4n) is 4.30. The summed E-state index contributed by atoms with van der Waals surface area (Å²) in [6, 6.07) is 5.37. The highest BCUT2D eigenvalue weighted by Gasteiger charge is 2.27. The second-order valence-electron chi connectivity index (χ2n) is 8.02. The van der Waals surface area contributed by atoms with Gasteiger partial charge in [-0.15, -0.1) is 10.2 Å². The van der Waals surface area contributed by atoms with Gasteiger partial charge in [-0.25, -0.2) is 4.39 Å². The summed E-state index contributed by atoms with van der Waals surface area (Å²) in [5.41, 5.74) is 1.84. The van der Waals surface area contributed by atoms with Crippen LogP contribution in [-0.4, -0.2) is 64.0 Å². The van der Waals surface area contributed by atoms with Crippen molar-refractivity contribution in [2.24, 2.45) is 7.05 Å². The number of piperidine rings is 1. The third-order valence-corrected chi connectivity index (χ3v) is 6.11. The van der Waals surface area contributed by atoms with E-state index in [4.69, 9.17) is 4.74 Å². The topological polar surface area (TPSA) is 46.4 Å². The Bertz CT molecular complexity index is 802. The Morgan fingerprint density at radius 2 is 1.93 bits per heavy atom. The van der Waals surface area contributed by atoms with Crippen LogP contribution in [0.1, 0.15) is 41.5 Å². The molecule has 2 saturated heterocycles. The predicted octanol–water partition coefficient (Wildman–Crippen LogP) is 2.47. The van der Waals surface area contributed by atoms with Gasteiger partial charge in [-0.3, -0.25) is 9.80 Å². The highest BCUT2D eigenvalue weighted by atomic mass is 19.1. The number of morpholine rings is 1. The molecule has 0 aliphatic carbocycles. The van der Waals surface area contributed by atoms with Crippen LogP contribution < -0.4 is 0 Å². The molecule has 4 rings (SSSR count). The van der Waals surface area contributed by atoms with Crippen molar-refractivity contribution in [1.82, 2.24) is 24.6 Å². The summed E-state index contributed by atoms with van der Waals surface area (Å²) in [7, 11) is 2.08. The van der Waals surface area contributed by atoms with Crippen LogP contribution >= 0.6 is 0 Å². The quantitative estimate of drug-likeness (QED) is 0.789. The first kappa shape index (κ1) is 19.5. The van der Waals surface area contributed by atoms with Crippen molar-refractivity contribution < 1.29 is 9.13 Å². The zero-order valence-corrected chi connectivity index (χ0v) is 16.9. The molecule has 1 unspecified atom stereocenters. The summed E-state index contributed by atoms with van der Waals surface area (Å²) in [6.45, 7) is 8.96. The standard InChI is InChI=1S/C21H30FN5O/c1-16-17(5-3-7-19(16)22)13-27-8-4-6-18(14-27)21-24-23-20(25(21)2)15-26-9-11-28-12-10-26/h3,5,7,18H,4,6,8-15H2,1-2H3. The number of likely N-dealkylation sites (tertiary alicyclic amines) is 1. The molecule has 1 atom stereocenters. The van der Waals surface area contributed by atoms with Crippen LogP contribution in [0.25, 0.3) is 0 Å². The first-order valence-electron chi connectivity index (χ1n) is 10.3. The molecule has 0 saturated carbocycles. The third-order valence-electron chi connectivity index (χ3n) is 6.11. The predicted molar refractivity (Wildman–Crippen MR) is 105 cm³/mol. The maximum atomic E-state index is 13.9. The van der Waals surface area contributed by atoms with Crippen LogP contribution in [0.15, 0.2) is 18.2 Å². The maximum absolute atomic E-state index is 13.9. The van der Waals surface area contributed by atoms with E-state index < -0.39 is 0 Å². The van der Waals surface area contributed by atoms with Gasteiger partial charge in [0.2, 0.25) is 0 Å². The van der Waals surface area contributed by atoms with Crippen molar-refractivity contribution in [1.29, 1.82) is 0 Å².